The Bertz CT molecular complexity index is 363. The molecule has 0 amide bonds. The molecule has 18 heavy (non-hydrogen) atoms. The Hall–Kier alpha value is -0.640. The zero-order valence-electron chi connectivity index (χ0n) is 10.9. The van der Waals surface area contributed by atoms with Gasteiger partial charge in [-0.3, -0.25) is 4.90 Å². The summed E-state index contributed by atoms with van der Waals surface area (Å²) < 4.78 is 13.9. The van der Waals surface area contributed by atoms with E-state index >= 15 is 0 Å². The normalized spacial score (nSPS) is 17.0. The number of rotatable bonds is 3. The van der Waals surface area contributed by atoms with E-state index in [4.69, 9.17) is 0 Å². The largest absolute Gasteiger partial charge is 0.315 e. The highest BCUT2D eigenvalue weighted by Gasteiger charge is 2.13. The van der Waals surface area contributed by atoms with Gasteiger partial charge < -0.3 is 5.32 Å². The first-order chi connectivity index (χ1) is 8.31. The third kappa shape index (κ3) is 3.94. The van der Waals surface area contributed by atoms with Crippen molar-refractivity contribution in [2.24, 2.45) is 0 Å². The molecule has 0 aromatic heterocycles. The van der Waals surface area contributed by atoms with Crippen molar-refractivity contribution in [1.82, 2.24) is 10.2 Å². The number of aryl methyl sites for hydroxylation is 1. The summed E-state index contributed by atoms with van der Waals surface area (Å²) in [4.78, 5) is 2.34. The lowest BCUT2D eigenvalue weighted by atomic mass is 10.0. The minimum absolute atomic E-state index is 0. The maximum Gasteiger partial charge on any atom is 0.127 e. The molecule has 0 radical (unpaired) electrons. The monoisotopic (exact) mass is 272 g/mol. The van der Waals surface area contributed by atoms with Crippen LogP contribution in [-0.4, -0.2) is 31.1 Å². The highest BCUT2D eigenvalue weighted by Crippen LogP contribution is 2.17. The Kier molecular flexibility index (Phi) is 6.61. The van der Waals surface area contributed by atoms with Gasteiger partial charge in [0.1, 0.15) is 5.82 Å². The summed E-state index contributed by atoms with van der Waals surface area (Å²) in [5, 5.41) is 3.37. The van der Waals surface area contributed by atoms with E-state index in [1.165, 1.54) is 0 Å². The van der Waals surface area contributed by atoms with Crippen molar-refractivity contribution in [1.29, 1.82) is 0 Å². The van der Waals surface area contributed by atoms with Gasteiger partial charge in [-0.2, -0.15) is 0 Å². The van der Waals surface area contributed by atoms with Crippen LogP contribution in [0.3, 0.4) is 0 Å². The minimum Gasteiger partial charge on any atom is -0.315 e. The zero-order chi connectivity index (χ0) is 12.1. The molecule has 1 heterocycles. The van der Waals surface area contributed by atoms with Gasteiger partial charge in [0, 0.05) is 25.2 Å². The summed E-state index contributed by atoms with van der Waals surface area (Å²) >= 11 is 0. The molecule has 102 valence electrons. The number of hydrogen-bond acceptors (Lipinski definition) is 2. The fourth-order valence-electron chi connectivity index (χ4n) is 2.39. The van der Waals surface area contributed by atoms with Crippen molar-refractivity contribution in [2.45, 2.75) is 26.3 Å². The van der Waals surface area contributed by atoms with Crippen LogP contribution in [-0.2, 0) is 13.0 Å². The SMILES string of the molecule is CCc1cccc(F)c1CN1CCCNCC1.Cl. The van der Waals surface area contributed by atoms with E-state index in [-0.39, 0.29) is 18.2 Å². The Morgan fingerprint density at radius 2 is 2.11 bits per heavy atom. The number of nitrogens with zero attached hydrogens (tertiary/aromatic N) is 1. The molecule has 1 saturated heterocycles. The Balaban J connectivity index is 0.00000162. The van der Waals surface area contributed by atoms with Crippen LogP contribution in [0.1, 0.15) is 24.5 Å². The predicted molar refractivity (Wildman–Crippen MR) is 75.8 cm³/mol. The zero-order valence-corrected chi connectivity index (χ0v) is 11.7. The van der Waals surface area contributed by atoms with E-state index in [0.29, 0.717) is 0 Å². The number of halogens is 2. The summed E-state index contributed by atoms with van der Waals surface area (Å²) in [6.07, 6.45) is 2.05. The van der Waals surface area contributed by atoms with Gasteiger partial charge in [0.05, 0.1) is 0 Å². The van der Waals surface area contributed by atoms with E-state index in [1.807, 2.05) is 12.1 Å². The maximum absolute atomic E-state index is 13.9. The third-order valence-corrected chi connectivity index (χ3v) is 3.41. The molecule has 2 rings (SSSR count). The Morgan fingerprint density at radius 1 is 1.28 bits per heavy atom. The Labute approximate surface area is 115 Å². The van der Waals surface area contributed by atoms with Crippen molar-refractivity contribution < 1.29 is 4.39 Å². The molecule has 0 bridgehead atoms. The van der Waals surface area contributed by atoms with E-state index in [2.05, 4.69) is 17.1 Å². The number of hydrogen-bond donors (Lipinski definition) is 1. The van der Waals surface area contributed by atoms with Gasteiger partial charge in [-0.05, 0) is 37.6 Å². The van der Waals surface area contributed by atoms with Crippen LogP contribution in [0.5, 0.6) is 0 Å². The molecular formula is C14H22ClFN2. The molecule has 1 aliphatic rings. The van der Waals surface area contributed by atoms with Crippen molar-refractivity contribution >= 4 is 12.4 Å². The highest BCUT2D eigenvalue weighted by molar-refractivity contribution is 5.85. The van der Waals surface area contributed by atoms with E-state index in [1.54, 1.807) is 6.07 Å². The average molecular weight is 273 g/mol. The first-order valence-corrected chi connectivity index (χ1v) is 6.50. The van der Waals surface area contributed by atoms with Gasteiger partial charge in [0.15, 0.2) is 0 Å². The second kappa shape index (κ2) is 7.72. The fourth-order valence-corrected chi connectivity index (χ4v) is 2.39. The summed E-state index contributed by atoms with van der Waals surface area (Å²) in [6, 6.07) is 5.42. The molecule has 1 fully saturated rings. The third-order valence-electron chi connectivity index (χ3n) is 3.41. The molecule has 4 heteroatoms. The maximum atomic E-state index is 13.9. The summed E-state index contributed by atoms with van der Waals surface area (Å²) in [7, 11) is 0. The topological polar surface area (TPSA) is 15.3 Å². The smallest absolute Gasteiger partial charge is 0.127 e. The minimum atomic E-state index is -0.0541. The van der Waals surface area contributed by atoms with Crippen LogP contribution < -0.4 is 5.32 Å². The molecule has 1 aromatic carbocycles. The molecule has 0 unspecified atom stereocenters. The molecule has 0 atom stereocenters. The summed E-state index contributed by atoms with van der Waals surface area (Å²) in [5.74, 6) is -0.0541. The number of benzene rings is 1. The van der Waals surface area contributed by atoms with Crippen LogP contribution in [0.25, 0.3) is 0 Å². The summed E-state index contributed by atoms with van der Waals surface area (Å²) in [6.45, 7) is 6.99. The molecule has 1 aromatic rings. The van der Waals surface area contributed by atoms with E-state index in [0.717, 1.165) is 56.7 Å². The van der Waals surface area contributed by atoms with Crippen molar-refractivity contribution in [3.05, 3.63) is 35.1 Å². The first-order valence-electron chi connectivity index (χ1n) is 6.50. The van der Waals surface area contributed by atoms with Gasteiger partial charge in [-0.25, -0.2) is 4.39 Å². The molecule has 0 aliphatic carbocycles. The second-order valence-electron chi connectivity index (χ2n) is 4.61. The molecule has 0 spiro atoms. The van der Waals surface area contributed by atoms with Crippen LogP contribution >= 0.6 is 12.4 Å². The lowest BCUT2D eigenvalue weighted by molar-refractivity contribution is 0.279. The van der Waals surface area contributed by atoms with Crippen molar-refractivity contribution in [2.75, 3.05) is 26.2 Å². The van der Waals surface area contributed by atoms with Gasteiger partial charge in [-0.1, -0.05) is 19.1 Å². The predicted octanol–water partition coefficient (Wildman–Crippen LogP) is 2.61. The average Bonchev–Trinajstić information content (AvgIpc) is 2.60. The quantitative estimate of drug-likeness (QED) is 0.910. The molecular weight excluding hydrogens is 251 g/mol. The first kappa shape index (κ1) is 15.4. The van der Waals surface area contributed by atoms with E-state index in [9.17, 15) is 4.39 Å². The van der Waals surface area contributed by atoms with Crippen molar-refractivity contribution in [3.8, 4) is 0 Å². The fraction of sp³-hybridized carbons (Fsp3) is 0.571. The molecule has 2 nitrogen and oxygen atoms in total. The van der Waals surface area contributed by atoms with Crippen molar-refractivity contribution in [3.63, 3.8) is 0 Å². The number of nitrogens with one attached hydrogen (secondary N) is 1. The van der Waals surface area contributed by atoms with Crippen LogP contribution in [0.4, 0.5) is 4.39 Å². The van der Waals surface area contributed by atoms with Crippen LogP contribution in [0.15, 0.2) is 18.2 Å². The highest BCUT2D eigenvalue weighted by atomic mass is 35.5. The van der Waals surface area contributed by atoms with E-state index < -0.39 is 0 Å². The molecule has 1 N–H and O–H groups in total. The Morgan fingerprint density at radius 3 is 2.89 bits per heavy atom. The lowest BCUT2D eigenvalue weighted by Gasteiger charge is -2.21. The van der Waals surface area contributed by atoms with Gasteiger partial charge >= 0.3 is 0 Å². The molecule has 1 aliphatic heterocycles. The van der Waals surface area contributed by atoms with Crippen LogP contribution in [0.2, 0.25) is 0 Å². The summed E-state index contributed by atoms with van der Waals surface area (Å²) in [5.41, 5.74) is 2.03. The molecule has 0 saturated carbocycles. The van der Waals surface area contributed by atoms with Gasteiger partial charge in [0.25, 0.3) is 0 Å². The van der Waals surface area contributed by atoms with Gasteiger partial charge in [-0.15, -0.1) is 12.4 Å². The van der Waals surface area contributed by atoms with Gasteiger partial charge in [0.2, 0.25) is 0 Å². The lowest BCUT2D eigenvalue weighted by Crippen LogP contribution is -2.28. The standard InChI is InChI=1S/C14H21FN2.ClH/c1-2-12-5-3-6-14(15)13(12)11-17-9-4-7-16-8-10-17;/h3,5-6,16H,2,4,7-11H2,1H3;1H. The second-order valence-corrected chi connectivity index (χ2v) is 4.61. The van der Waals surface area contributed by atoms with Crippen LogP contribution in [0, 0.1) is 5.82 Å².